The van der Waals surface area contributed by atoms with Gasteiger partial charge in [0.05, 0.1) is 32.5 Å². The summed E-state index contributed by atoms with van der Waals surface area (Å²) in [5.74, 6) is -0.122. The highest BCUT2D eigenvalue weighted by molar-refractivity contribution is 5.90. The van der Waals surface area contributed by atoms with Gasteiger partial charge in [0.2, 0.25) is 11.8 Å². The monoisotopic (exact) mass is 431 g/mol. The third kappa shape index (κ3) is 7.02. The molecule has 2 aliphatic heterocycles. The smallest absolute Gasteiger partial charge is 0.249 e. The summed E-state index contributed by atoms with van der Waals surface area (Å²) in [6.07, 6.45) is 5.29. The van der Waals surface area contributed by atoms with E-state index in [1.54, 1.807) is 4.90 Å². The zero-order valence-electron chi connectivity index (χ0n) is 18.8. The summed E-state index contributed by atoms with van der Waals surface area (Å²) in [5, 5.41) is 3.12. The molecule has 0 spiro atoms. The van der Waals surface area contributed by atoms with Crippen molar-refractivity contribution in [1.82, 2.24) is 15.1 Å². The fourth-order valence-electron chi connectivity index (χ4n) is 4.27. The topological polar surface area (TPSA) is 71.1 Å². The molecule has 0 saturated carbocycles. The van der Waals surface area contributed by atoms with Gasteiger partial charge in [-0.3, -0.25) is 14.5 Å². The lowest BCUT2D eigenvalue weighted by atomic mass is 10.0. The van der Waals surface area contributed by atoms with Crippen LogP contribution in [0, 0.1) is 0 Å². The zero-order valence-corrected chi connectivity index (χ0v) is 18.8. The summed E-state index contributed by atoms with van der Waals surface area (Å²) in [7, 11) is 0. The van der Waals surface area contributed by atoms with Gasteiger partial charge in [-0.2, -0.15) is 0 Å². The van der Waals surface area contributed by atoms with E-state index < -0.39 is 6.04 Å². The third-order valence-electron chi connectivity index (χ3n) is 6.11. The molecule has 172 valence electrons. The standard InChI is InChI=1S/C24H37N3O4/c1-2-3-4-8-11-21(26-12-16-30-17-13-26)23(28)25-22(20-9-6-5-7-10-20)24(29)27-14-18-31-19-15-27/h5-7,9-10,21-22H,2-4,8,11-19H2,1H3,(H,25,28). The molecule has 1 N–H and O–H groups in total. The molecule has 0 aromatic heterocycles. The lowest BCUT2D eigenvalue weighted by Gasteiger charge is -2.35. The molecule has 2 unspecified atom stereocenters. The van der Waals surface area contributed by atoms with E-state index in [0.717, 1.165) is 37.9 Å². The van der Waals surface area contributed by atoms with Crippen molar-refractivity contribution in [2.24, 2.45) is 0 Å². The van der Waals surface area contributed by atoms with Crippen molar-refractivity contribution in [1.29, 1.82) is 0 Å². The summed E-state index contributed by atoms with van der Waals surface area (Å²) in [6, 6.07) is 8.65. The van der Waals surface area contributed by atoms with E-state index in [1.807, 2.05) is 30.3 Å². The van der Waals surface area contributed by atoms with Crippen LogP contribution in [0.5, 0.6) is 0 Å². The fraction of sp³-hybridized carbons (Fsp3) is 0.667. The number of hydrogen-bond acceptors (Lipinski definition) is 5. The average molecular weight is 432 g/mol. The van der Waals surface area contributed by atoms with Crippen LogP contribution in [-0.4, -0.2) is 80.3 Å². The van der Waals surface area contributed by atoms with E-state index in [4.69, 9.17) is 9.47 Å². The van der Waals surface area contributed by atoms with Gasteiger partial charge in [-0.15, -0.1) is 0 Å². The van der Waals surface area contributed by atoms with Crippen LogP contribution in [0.25, 0.3) is 0 Å². The van der Waals surface area contributed by atoms with Crippen molar-refractivity contribution in [2.45, 2.75) is 51.1 Å². The van der Waals surface area contributed by atoms with Crippen molar-refractivity contribution >= 4 is 11.8 Å². The van der Waals surface area contributed by atoms with Crippen molar-refractivity contribution in [3.05, 3.63) is 35.9 Å². The van der Waals surface area contributed by atoms with Crippen LogP contribution in [-0.2, 0) is 19.1 Å². The van der Waals surface area contributed by atoms with Crippen LogP contribution in [0.15, 0.2) is 30.3 Å². The molecule has 2 aliphatic rings. The minimum Gasteiger partial charge on any atom is -0.379 e. The Morgan fingerprint density at radius 1 is 0.935 bits per heavy atom. The van der Waals surface area contributed by atoms with E-state index in [-0.39, 0.29) is 17.9 Å². The van der Waals surface area contributed by atoms with Gasteiger partial charge in [0.25, 0.3) is 0 Å². The molecule has 2 saturated heterocycles. The molecular formula is C24H37N3O4. The van der Waals surface area contributed by atoms with Gasteiger partial charge in [0, 0.05) is 26.2 Å². The van der Waals surface area contributed by atoms with Gasteiger partial charge in [-0.25, -0.2) is 0 Å². The van der Waals surface area contributed by atoms with E-state index >= 15 is 0 Å². The fourth-order valence-corrected chi connectivity index (χ4v) is 4.27. The predicted octanol–water partition coefficient (Wildman–Crippen LogP) is 2.37. The molecule has 1 aromatic rings. The van der Waals surface area contributed by atoms with Gasteiger partial charge in [0.15, 0.2) is 0 Å². The van der Waals surface area contributed by atoms with Gasteiger partial charge in [-0.05, 0) is 12.0 Å². The number of unbranched alkanes of at least 4 members (excludes halogenated alkanes) is 3. The molecule has 3 rings (SSSR count). The van der Waals surface area contributed by atoms with Gasteiger partial charge < -0.3 is 19.7 Å². The predicted molar refractivity (Wildman–Crippen MR) is 120 cm³/mol. The first-order valence-electron chi connectivity index (χ1n) is 11.7. The molecule has 2 atom stereocenters. The molecule has 2 heterocycles. The number of carbonyl (C=O) groups excluding carboxylic acids is 2. The average Bonchev–Trinajstić information content (AvgIpc) is 2.83. The number of hydrogen-bond donors (Lipinski definition) is 1. The Labute approximate surface area is 186 Å². The molecule has 0 bridgehead atoms. The Bertz CT molecular complexity index is 673. The van der Waals surface area contributed by atoms with Crippen LogP contribution in [0.3, 0.4) is 0 Å². The summed E-state index contributed by atoms with van der Waals surface area (Å²) in [5.41, 5.74) is 0.819. The first-order valence-corrected chi connectivity index (χ1v) is 11.7. The molecule has 7 heteroatoms. The molecule has 0 radical (unpaired) electrons. The number of rotatable bonds is 10. The number of ether oxygens (including phenoxy) is 2. The first-order chi connectivity index (χ1) is 15.2. The Morgan fingerprint density at radius 3 is 2.23 bits per heavy atom. The largest absolute Gasteiger partial charge is 0.379 e. The Hall–Kier alpha value is -1.96. The number of benzene rings is 1. The van der Waals surface area contributed by atoms with Crippen LogP contribution in [0.1, 0.15) is 50.6 Å². The van der Waals surface area contributed by atoms with E-state index in [0.29, 0.717) is 39.5 Å². The van der Waals surface area contributed by atoms with Crippen molar-refractivity contribution in [3.63, 3.8) is 0 Å². The number of nitrogens with zero attached hydrogens (tertiary/aromatic N) is 2. The van der Waals surface area contributed by atoms with E-state index in [1.165, 1.54) is 12.8 Å². The maximum Gasteiger partial charge on any atom is 0.249 e. The summed E-state index contributed by atoms with van der Waals surface area (Å²) in [4.78, 5) is 30.9. The maximum absolute atomic E-state index is 13.5. The van der Waals surface area contributed by atoms with E-state index in [9.17, 15) is 9.59 Å². The van der Waals surface area contributed by atoms with Crippen LogP contribution < -0.4 is 5.32 Å². The summed E-state index contributed by atoms with van der Waals surface area (Å²) in [6.45, 7) is 7.17. The Balaban J connectivity index is 1.74. The number of morpholine rings is 2. The lowest BCUT2D eigenvalue weighted by Crippen LogP contribution is -2.54. The molecular weight excluding hydrogens is 394 g/mol. The van der Waals surface area contributed by atoms with Gasteiger partial charge >= 0.3 is 0 Å². The highest BCUT2D eigenvalue weighted by atomic mass is 16.5. The zero-order chi connectivity index (χ0) is 21.9. The SMILES string of the molecule is CCCCCCC(C(=O)NC(C(=O)N1CCOCC1)c1ccccc1)N1CCOCC1. The molecule has 31 heavy (non-hydrogen) atoms. The highest BCUT2D eigenvalue weighted by Crippen LogP contribution is 2.20. The van der Waals surface area contributed by atoms with Crippen LogP contribution in [0.4, 0.5) is 0 Å². The molecule has 2 amide bonds. The second kappa shape index (κ2) is 12.8. The van der Waals surface area contributed by atoms with E-state index in [2.05, 4.69) is 17.1 Å². The van der Waals surface area contributed by atoms with Crippen molar-refractivity contribution in [3.8, 4) is 0 Å². The normalized spacial score (nSPS) is 19.6. The number of amides is 2. The minimum atomic E-state index is -0.675. The number of nitrogens with one attached hydrogen (secondary N) is 1. The second-order valence-corrected chi connectivity index (χ2v) is 8.30. The minimum absolute atomic E-state index is 0.0606. The Morgan fingerprint density at radius 2 is 1.58 bits per heavy atom. The first kappa shape index (κ1) is 23.7. The lowest BCUT2D eigenvalue weighted by molar-refractivity contribution is -0.141. The number of carbonyl (C=O) groups is 2. The van der Waals surface area contributed by atoms with Crippen molar-refractivity contribution in [2.75, 3.05) is 52.6 Å². The Kier molecular flexibility index (Phi) is 9.78. The van der Waals surface area contributed by atoms with Crippen LogP contribution >= 0.6 is 0 Å². The third-order valence-corrected chi connectivity index (χ3v) is 6.11. The van der Waals surface area contributed by atoms with Gasteiger partial charge in [0.1, 0.15) is 6.04 Å². The summed E-state index contributed by atoms with van der Waals surface area (Å²) < 4.78 is 10.9. The summed E-state index contributed by atoms with van der Waals surface area (Å²) >= 11 is 0. The molecule has 2 fully saturated rings. The molecule has 0 aliphatic carbocycles. The highest BCUT2D eigenvalue weighted by Gasteiger charge is 2.33. The molecule has 1 aromatic carbocycles. The quantitative estimate of drug-likeness (QED) is 0.576. The van der Waals surface area contributed by atoms with Crippen LogP contribution in [0.2, 0.25) is 0 Å². The van der Waals surface area contributed by atoms with Gasteiger partial charge in [-0.1, -0.05) is 62.9 Å². The second-order valence-electron chi connectivity index (χ2n) is 8.30. The maximum atomic E-state index is 13.5. The molecule has 7 nitrogen and oxygen atoms in total. The van der Waals surface area contributed by atoms with Crippen molar-refractivity contribution < 1.29 is 19.1 Å².